The molecule has 3 aromatic rings. The van der Waals surface area contributed by atoms with E-state index in [-0.39, 0.29) is 10.7 Å². The molecule has 2 heterocycles. The Morgan fingerprint density at radius 2 is 1.91 bits per heavy atom. The zero-order valence-corrected chi connectivity index (χ0v) is 13.2. The molecule has 0 amide bonds. The molecule has 0 bridgehead atoms. The van der Waals surface area contributed by atoms with E-state index in [1.165, 1.54) is 0 Å². The van der Waals surface area contributed by atoms with Gasteiger partial charge in [-0.25, -0.2) is 4.98 Å². The van der Waals surface area contributed by atoms with Crippen LogP contribution in [0.1, 0.15) is 11.4 Å². The number of aryl methyl sites for hydroxylation is 1. The summed E-state index contributed by atoms with van der Waals surface area (Å²) in [6.07, 6.45) is 0. The third-order valence-corrected chi connectivity index (χ3v) is 4.94. The van der Waals surface area contributed by atoms with Crippen molar-refractivity contribution in [1.29, 1.82) is 0 Å². The second-order valence-corrected chi connectivity index (χ2v) is 6.43. The van der Waals surface area contributed by atoms with Crippen LogP contribution >= 0.6 is 11.8 Å². The molecular weight excluding hydrogens is 310 g/mol. The molecule has 1 aromatic heterocycles. The van der Waals surface area contributed by atoms with Crippen molar-refractivity contribution in [3.05, 3.63) is 70.0 Å². The number of benzene rings is 2. The van der Waals surface area contributed by atoms with Gasteiger partial charge in [0.15, 0.2) is 5.69 Å². The number of para-hydroxylation sites is 1. The molecule has 0 N–H and O–H groups in total. The largest absolute Gasteiger partial charge is 0.358 e. The fraction of sp³-hybridized carbons (Fsp3) is 0.118. The van der Waals surface area contributed by atoms with E-state index in [1.54, 1.807) is 16.3 Å². The van der Waals surface area contributed by atoms with Crippen LogP contribution in [0.25, 0.3) is 16.9 Å². The van der Waals surface area contributed by atoms with E-state index in [1.807, 2.05) is 55.5 Å². The third kappa shape index (κ3) is 2.22. The van der Waals surface area contributed by atoms with Crippen LogP contribution < -0.4 is 0 Å². The Hall–Kier alpha value is -2.60. The van der Waals surface area contributed by atoms with Crippen molar-refractivity contribution in [2.75, 3.05) is 0 Å². The molecule has 0 saturated heterocycles. The lowest BCUT2D eigenvalue weighted by Gasteiger charge is -2.13. The van der Waals surface area contributed by atoms with E-state index in [0.29, 0.717) is 11.4 Å². The van der Waals surface area contributed by atoms with E-state index < -0.39 is 0 Å². The van der Waals surface area contributed by atoms with Crippen LogP contribution in [0, 0.1) is 17.0 Å². The first-order chi connectivity index (χ1) is 11.1. The summed E-state index contributed by atoms with van der Waals surface area (Å²) in [7, 11) is 0. The Labute approximate surface area is 137 Å². The number of thioether (sulfide) groups is 1. The monoisotopic (exact) mass is 323 g/mol. The molecule has 0 aliphatic carbocycles. The SMILES string of the molecule is Cc1ccc(-c2nc3n(c2[N+](=O)[O-])-c2ccccc2SC3)cc1. The molecule has 1 aliphatic heterocycles. The summed E-state index contributed by atoms with van der Waals surface area (Å²) in [4.78, 5) is 17.0. The van der Waals surface area contributed by atoms with E-state index in [4.69, 9.17) is 0 Å². The molecule has 0 spiro atoms. The minimum atomic E-state index is -0.335. The first-order valence-electron chi connectivity index (χ1n) is 7.20. The van der Waals surface area contributed by atoms with E-state index in [0.717, 1.165) is 27.5 Å². The number of nitro groups is 1. The van der Waals surface area contributed by atoms with Gasteiger partial charge in [0, 0.05) is 5.56 Å². The number of nitrogens with zero attached hydrogens (tertiary/aromatic N) is 3. The molecule has 6 heteroatoms. The van der Waals surface area contributed by atoms with Gasteiger partial charge >= 0.3 is 5.82 Å². The highest BCUT2D eigenvalue weighted by Crippen LogP contribution is 2.41. The predicted octanol–water partition coefficient (Wildman–Crippen LogP) is 4.36. The van der Waals surface area contributed by atoms with E-state index in [2.05, 4.69) is 4.98 Å². The van der Waals surface area contributed by atoms with Crippen LogP contribution in [0.4, 0.5) is 5.82 Å². The molecule has 23 heavy (non-hydrogen) atoms. The average Bonchev–Trinajstić information content (AvgIpc) is 2.95. The van der Waals surface area contributed by atoms with Crippen molar-refractivity contribution in [3.8, 4) is 16.9 Å². The molecule has 0 atom stereocenters. The van der Waals surface area contributed by atoms with Crippen LogP contribution in [0.3, 0.4) is 0 Å². The lowest BCUT2D eigenvalue weighted by molar-refractivity contribution is -0.390. The zero-order valence-electron chi connectivity index (χ0n) is 12.4. The molecule has 0 saturated carbocycles. The normalized spacial score (nSPS) is 12.6. The number of imidazole rings is 1. The third-order valence-electron chi connectivity index (χ3n) is 3.88. The minimum Gasteiger partial charge on any atom is -0.358 e. The summed E-state index contributed by atoms with van der Waals surface area (Å²) in [6, 6.07) is 15.4. The van der Waals surface area contributed by atoms with E-state index in [9.17, 15) is 10.1 Å². The highest BCUT2D eigenvalue weighted by atomic mass is 32.2. The van der Waals surface area contributed by atoms with Crippen molar-refractivity contribution in [2.24, 2.45) is 0 Å². The molecule has 4 rings (SSSR count). The van der Waals surface area contributed by atoms with Crippen LogP contribution in [0.5, 0.6) is 0 Å². The molecule has 1 aliphatic rings. The first kappa shape index (κ1) is 14.0. The van der Waals surface area contributed by atoms with Crippen molar-refractivity contribution in [2.45, 2.75) is 17.6 Å². The van der Waals surface area contributed by atoms with Gasteiger partial charge < -0.3 is 10.1 Å². The second kappa shape index (κ2) is 5.24. The standard InChI is InChI=1S/C17H13N3O2S/c1-11-6-8-12(9-7-11)16-17(20(21)22)19-13-4-2-3-5-14(13)23-10-15(19)18-16/h2-9H,10H2,1H3. The maximum Gasteiger partial charge on any atom is 0.356 e. The number of hydrogen-bond acceptors (Lipinski definition) is 4. The Morgan fingerprint density at radius 1 is 1.17 bits per heavy atom. The second-order valence-electron chi connectivity index (χ2n) is 5.42. The maximum atomic E-state index is 11.7. The van der Waals surface area contributed by atoms with Gasteiger partial charge in [0.25, 0.3) is 0 Å². The lowest BCUT2D eigenvalue weighted by Crippen LogP contribution is -2.09. The minimum absolute atomic E-state index is 0.0385. The lowest BCUT2D eigenvalue weighted by atomic mass is 10.1. The first-order valence-corrected chi connectivity index (χ1v) is 8.19. The topological polar surface area (TPSA) is 61.0 Å². The van der Waals surface area contributed by atoms with Gasteiger partial charge in [-0.15, -0.1) is 11.8 Å². The molecule has 0 radical (unpaired) electrons. The zero-order chi connectivity index (χ0) is 16.0. The van der Waals surface area contributed by atoms with Crippen LogP contribution in [-0.4, -0.2) is 14.5 Å². The van der Waals surface area contributed by atoms with Gasteiger partial charge in [-0.2, -0.15) is 4.57 Å². The van der Waals surface area contributed by atoms with Gasteiger partial charge in [-0.1, -0.05) is 42.0 Å². The fourth-order valence-corrected chi connectivity index (χ4v) is 3.75. The Morgan fingerprint density at radius 3 is 2.65 bits per heavy atom. The summed E-state index contributed by atoms with van der Waals surface area (Å²) < 4.78 is 1.68. The van der Waals surface area contributed by atoms with Gasteiger partial charge in [0.1, 0.15) is 5.69 Å². The summed E-state index contributed by atoms with van der Waals surface area (Å²) in [5.41, 5.74) is 3.14. The van der Waals surface area contributed by atoms with Crippen LogP contribution in [-0.2, 0) is 5.75 Å². The molecule has 114 valence electrons. The highest BCUT2D eigenvalue weighted by molar-refractivity contribution is 7.98. The van der Waals surface area contributed by atoms with Gasteiger partial charge in [-0.05, 0) is 24.0 Å². The van der Waals surface area contributed by atoms with Crippen molar-refractivity contribution >= 4 is 17.6 Å². The number of rotatable bonds is 2. The highest BCUT2D eigenvalue weighted by Gasteiger charge is 2.33. The number of fused-ring (bicyclic) bond motifs is 3. The summed E-state index contributed by atoms with van der Waals surface area (Å²) in [5.74, 6) is 1.39. The van der Waals surface area contributed by atoms with Gasteiger partial charge in [0.2, 0.25) is 5.82 Å². The summed E-state index contributed by atoms with van der Waals surface area (Å²) in [5, 5.41) is 11.7. The Bertz CT molecular complexity index is 916. The Balaban J connectivity index is 1.99. The summed E-state index contributed by atoms with van der Waals surface area (Å²) >= 11 is 1.66. The fourth-order valence-electron chi connectivity index (χ4n) is 2.79. The number of aromatic nitrogens is 2. The molecule has 0 unspecified atom stereocenters. The molecule has 5 nitrogen and oxygen atoms in total. The molecule has 0 fully saturated rings. The maximum absolute atomic E-state index is 11.7. The smallest absolute Gasteiger partial charge is 0.356 e. The van der Waals surface area contributed by atoms with Crippen LogP contribution in [0.15, 0.2) is 53.4 Å². The number of hydrogen-bond donors (Lipinski definition) is 0. The van der Waals surface area contributed by atoms with Gasteiger partial charge in [-0.3, -0.25) is 0 Å². The predicted molar refractivity (Wildman–Crippen MR) is 90.0 cm³/mol. The van der Waals surface area contributed by atoms with Crippen molar-refractivity contribution in [1.82, 2.24) is 9.55 Å². The van der Waals surface area contributed by atoms with Crippen molar-refractivity contribution in [3.63, 3.8) is 0 Å². The quantitative estimate of drug-likeness (QED) is 0.519. The van der Waals surface area contributed by atoms with E-state index >= 15 is 0 Å². The van der Waals surface area contributed by atoms with Gasteiger partial charge in [0.05, 0.1) is 10.6 Å². The molecular formula is C17H13N3O2S. The van der Waals surface area contributed by atoms with Crippen LogP contribution in [0.2, 0.25) is 0 Å². The Kier molecular flexibility index (Phi) is 3.20. The van der Waals surface area contributed by atoms with Crippen molar-refractivity contribution < 1.29 is 4.92 Å². The molecule has 2 aromatic carbocycles. The summed E-state index contributed by atoms with van der Waals surface area (Å²) in [6.45, 7) is 1.99. The average molecular weight is 323 g/mol.